The van der Waals surface area contributed by atoms with Crippen molar-refractivity contribution in [3.63, 3.8) is 0 Å². The average molecular weight is 289 g/mol. The number of carbonyl (C=O) groups is 1. The lowest BCUT2D eigenvalue weighted by Crippen LogP contribution is -2.42. The van der Waals surface area contributed by atoms with E-state index >= 15 is 0 Å². The molecule has 1 aliphatic carbocycles. The Morgan fingerprint density at radius 2 is 2.00 bits per heavy atom. The highest BCUT2D eigenvalue weighted by Crippen LogP contribution is 2.22. The number of benzene rings is 1. The first kappa shape index (κ1) is 16.0. The van der Waals surface area contributed by atoms with Gasteiger partial charge in [0.05, 0.1) is 6.54 Å². The molecule has 1 aliphatic rings. The van der Waals surface area contributed by atoms with E-state index in [1.165, 1.54) is 25.7 Å². The third-order valence-corrected chi connectivity index (χ3v) is 4.42. The van der Waals surface area contributed by atoms with E-state index in [1.807, 2.05) is 38.2 Å². The van der Waals surface area contributed by atoms with E-state index in [-0.39, 0.29) is 5.91 Å². The number of nitrogens with zero attached hydrogens (tertiary/aromatic N) is 1. The van der Waals surface area contributed by atoms with Crippen LogP contribution in [0, 0.1) is 6.92 Å². The number of nitrogens with one attached hydrogen (secondary N) is 2. The molecule has 2 N–H and O–H groups in total. The summed E-state index contributed by atoms with van der Waals surface area (Å²) < 4.78 is 0. The molecule has 0 bridgehead atoms. The molecular formula is C17H27N3O. The van der Waals surface area contributed by atoms with Crippen LogP contribution in [-0.2, 0) is 4.79 Å². The maximum absolute atomic E-state index is 12.1. The van der Waals surface area contributed by atoms with Gasteiger partial charge in [-0.05, 0) is 64.4 Å². The lowest BCUT2D eigenvalue weighted by Gasteiger charge is -2.34. The lowest BCUT2D eigenvalue weighted by molar-refractivity contribution is -0.117. The second-order valence-electron chi connectivity index (χ2n) is 6.13. The van der Waals surface area contributed by atoms with Crippen molar-refractivity contribution in [1.82, 2.24) is 10.2 Å². The molecule has 1 amide bonds. The highest BCUT2D eigenvalue weighted by molar-refractivity contribution is 5.92. The standard InChI is InChI=1S/C17H27N3O/c1-13-5-4-6-15(11-13)19-17(21)12-20(3)16-9-7-14(18-2)8-10-16/h4-6,11,14,16,18H,7-10,12H2,1-3H3,(H,19,21). The molecule has 2 rings (SSSR count). The zero-order valence-electron chi connectivity index (χ0n) is 13.4. The average Bonchev–Trinajstić information content (AvgIpc) is 2.47. The van der Waals surface area contributed by atoms with Crippen LogP contribution in [0.3, 0.4) is 0 Å². The molecule has 0 radical (unpaired) electrons. The second-order valence-corrected chi connectivity index (χ2v) is 6.13. The molecule has 1 aromatic carbocycles. The van der Waals surface area contributed by atoms with Crippen LogP contribution in [0.5, 0.6) is 0 Å². The maximum atomic E-state index is 12.1. The monoisotopic (exact) mass is 289 g/mol. The van der Waals surface area contributed by atoms with Gasteiger partial charge in [0.15, 0.2) is 0 Å². The van der Waals surface area contributed by atoms with E-state index in [2.05, 4.69) is 22.6 Å². The van der Waals surface area contributed by atoms with Gasteiger partial charge in [0.1, 0.15) is 0 Å². The van der Waals surface area contributed by atoms with Crippen LogP contribution in [-0.4, -0.2) is 43.5 Å². The number of likely N-dealkylation sites (N-methyl/N-ethyl adjacent to an activating group) is 1. The molecule has 0 aliphatic heterocycles. The van der Waals surface area contributed by atoms with Crippen LogP contribution in [0.4, 0.5) is 5.69 Å². The maximum Gasteiger partial charge on any atom is 0.238 e. The summed E-state index contributed by atoms with van der Waals surface area (Å²) in [6, 6.07) is 9.10. The van der Waals surface area contributed by atoms with Crippen molar-refractivity contribution in [1.29, 1.82) is 0 Å². The number of aryl methyl sites for hydroxylation is 1. The van der Waals surface area contributed by atoms with Crippen LogP contribution >= 0.6 is 0 Å². The third kappa shape index (κ3) is 4.83. The molecule has 0 heterocycles. The second kappa shape index (κ2) is 7.57. The summed E-state index contributed by atoms with van der Waals surface area (Å²) in [7, 11) is 4.09. The first-order chi connectivity index (χ1) is 10.1. The quantitative estimate of drug-likeness (QED) is 0.875. The Morgan fingerprint density at radius 1 is 1.29 bits per heavy atom. The van der Waals surface area contributed by atoms with Gasteiger partial charge in [0, 0.05) is 17.8 Å². The summed E-state index contributed by atoms with van der Waals surface area (Å²) in [6.45, 7) is 2.49. The van der Waals surface area contributed by atoms with Gasteiger partial charge < -0.3 is 10.6 Å². The third-order valence-electron chi connectivity index (χ3n) is 4.42. The van der Waals surface area contributed by atoms with Gasteiger partial charge in [-0.2, -0.15) is 0 Å². The highest BCUT2D eigenvalue weighted by atomic mass is 16.2. The summed E-state index contributed by atoms with van der Waals surface area (Å²) in [5, 5.41) is 6.32. The fourth-order valence-corrected chi connectivity index (χ4v) is 3.08. The fourth-order valence-electron chi connectivity index (χ4n) is 3.08. The molecule has 21 heavy (non-hydrogen) atoms. The molecule has 0 saturated heterocycles. The Balaban J connectivity index is 1.79. The number of rotatable bonds is 5. The Hall–Kier alpha value is -1.39. The van der Waals surface area contributed by atoms with Crippen molar-refractivity contribution in [2.24, 2.45) is 0 Å². The molecule has 1 fully saturated rings. The Labute approximate surface area is 127 Å². The molecule has 0 atom stereocenters. The van der Waals surface area contributed by atoms with Gasteiger partial charge in [-0.25, -0.2) is 0 Å². The minimum absolute atomic E-state index is 0.0684. The first-order valence-corrected chi connectivity index (χ1v) is 7.82. The van der Waals surface area contributed by atoms with Gasteiger partial charge in [-0.3, -0.25) is 9.69 Å². The van der Waals surface area contributed by atoms with Crippen molar-refractivity contribution in [3.05, 3.63) is 29.8 Å². The van der Waals surface area contributed by atoms with Gasteiger partial charge in [0.2, 0.25) is 5.91 Å². The Morgan fingerprint density at radius 3 is 2.62 bits per heavy atom. The van der Waals surface area contributed by atoms with Crippen LogP contribution in [0.1, 0.15) is 31.2 Å². The molecular weight excluding hydrogens is 262 g/mol. The normalized spacial score (nSPS) is 22.3. The lowest BCUT2D eigenvalue weighted by atomic mass is 9.90. The summed E-state index contributed by atoms with van der Waals surface area (Å²) in [5.41, 5.74) is 2.04. The fraction of sp³-hybridized carbons (Fsp3) is 0.588. The smallest absolute Gasteiger partial charge is 0.238 e. The van der Waals surface area contributed by atoms with Crippen LogP contribution in [0.15, 0.2) is 24.3 Å². The van der Waals surface area contributed by atoms with E-state index in [4.69, 9.17) is 0 Å². The van der Waals surface area contributed by atoms with Gasteiger partial charge in [0.25, 0.3) is 0 Å². The van der Waals surface area contributed by atoms with Crippen LogP contribution < -0.4 is 10.6 Å². The molecule has 4 nitrogen and oxygen atoms in total. The van der Waals surface area contributed by atoms with Crippen molar-refractivity contribution < 1.29 is 4.79 Å². The van der Waals surface area contributed by atoms with E-state index in [0.29, 0.717) is 18.6 Å². The van der Waals surface area contributed by atoms with Crippen LogP contribution in [0.2, 0.25) is 0 Å². The van der Waals surface area contributed by atoms with E-state index in [0.717, 1.165) is 11.3 Å². The molecule has 0 unspecified atom stereocenters. The van der Waals surface area contributed by atoms with Crippen molar-refractivity contribution in [2.45, 2.75) is 44.7 Å². The highest BCUT2D eigenvalue weighted by Gasteiger charge is 2.24. The predicted molar refractivity (Wildman–Crippen MR) is 87.5 cm³/mol. The number of hydrogen-bond acceptors (Lipinski definition) is 3. The van der Waals surface area contributed by atoms with E-state index in [1.54, 1.807) is 0 Å². The zero-order valence-corrected chi connectivity index (χ0v) is 13.4. The Bertz CT molecular complexity index is 467. The van der Waals surface area contributed by atoms with Crippen molar-refractivity contribution >= 4 is 11.6 Å². The zero-order chi connectivity index (χ0) is 15.2. The van der Waals surface area contributed by atoms with Crippen molar-refractivity contribution in [2.75, 3.05) is 26.0 Å². The summed E-state index contributed by atoms with van der Waals surface area (Å²) in [6.07, 6.45) is 4.73. The minimum atomic E-state index is 0.0684. The van der Waals surface area contributed by atoms with Gasteiger partial charge >= 0.3 is 0 Å². The van der Waals surface area contributed by atoms with Crippen molar-refractivity contribution in [3.8, 4) is 0 Å². The SMILES string of the molecule is CNC1CCC(N(C)CC(=O)Nc2cccc(C)c2)CC1. The van der Waals surface area contributed by atoms with Crippen LogP contribution in [0.25, 0.3) is 0 Å². The van der Waals surface area contributed by atoms with Gasteiger partial charge in [-0.15, -0.1) is 0 Å². The molecule has 116 valence electrons. The topological polar surface area (TPSA) is 44.4 Å². The van der Waals surface area contributed by atoms with Gasteiger partial charge in [-0.1, -0.05) is 12.1 Å². The van der Waals surface area contributed by atoms with E-state index < -0.39 is 0 Å². The van der Waals surface area contributed by atoms with E-state index in [9.17, 15) is 4.79 Å². The molecule has 4 heteroatoms. The number of carbonyl (C=O) groups excluding carboxylic acids is 1. The minimum Gasteiger partial charge on any atom is -0.325 e. The molecule has 0 aromatic heterocycles. The molecule has 1 aromatic rings. The summed E-state index contributed by atoms with van der Waals surface area (Å²) in [4.78, 5) is 14.3. The molecule has 0 spiro atoms. The Kier molecular flexibility index (Phi) is 5.76. The predicted octanol–water partition coefficient (Wildman–Crippen LogP) is 2.40. The first-order valence-electron chi connectivity index (χ1n) is 7.82. The number of hydrogen-bond donors (Lipinski definition) is 2. The summed E-state index contributed by atoms with van der Waals surface area (Å²) in [5.74, 6) is 0.0684. The largest absolute Gasteiger partial charge is 0.325 e. The summed E-state index contributed by atoms with van der Waals surface area (Å²) >= 11 is 0. The molecule has 1 saturated carbocycles. The number of anilines is 1. The number of amides is 1.